The summed E-state index contributed by atoms with van der Waals surface area (Å²) in [5, 5.41) is 14.8. The van der Waals surface area contributed by atoms with Crippen LogP contribution in [-0.2, 0) is 16.1 Å². The summed E-state index contributed by atoms with van der Waals surface area (Å²) in [7, 11) is 1.51. The molecule has 9 nitrogen and oxygen atoms in total. The largest absolute Gasteiger partial charge is 0.493 e. The van der Waals surface area contributed by atoms with Crippen LogP contribution < -0.4 is 14.8 Å². The van der Waals surface area contributed by atoms with E-state index >= 15 is 0 Å². The van der Waals surface area contributed by atoms with Gasteiger partial charge in [-0.25, -0.2) is 9.18 Å². The van der Waals surface area contributed by atoms with Crippen LogP contribution in [0.4, 0.5) is 10.3 Å². The number of nitrogens with zero attached hydrogens (tertiary/aromatic N) is 4. The molecule has 4 rings (SSSR count). The molecule has 0 radical (unpaired) electrons. The Hall–Kier alpha value is -3.95. The van der Waals surface area contributed by atoms with Crippen LogP contribution in [0, 0.1) is 5.82 Å². The zero-order valence-corrected chi connectivity index (χ0v) is 17.8. The fourth-order valence-electron chi connectivity index (χ4n) is 3.54. The van der Waals surface area contributed by atoms with Gasteiger partial charge in [-0.3, -0.25) is 0 Å². The third-order valence-electron chi connectivity index (χ3n) is 5.05. The molecule has 2 aromatic carbocycles. The molecule has 0 aliphatic carbocycles. The van der Waals surface area contributed by atoms with E-state index in [-0.39, 0.29) is 19.0 Å². The molecule has 32 heavy (non-hydrogen) atoms. The molecule has 1 N–H and O–H groups in total. The number of tetrazole rings is 1. The average molecular weight is 439 g/mol. The Labute approximate surface area is 183 Å². The van der Waals surface area contributed by atoms with Crippen LogP contribution in [0.15, 0.2) is 53.7 Å². The summed E-state index contributed by atoms with van der Waals surface area (Å²) < 4.78 is 32.0. The third-order valence-corrected chi connectivity index (χ3v) is 5.05. The Kier molecular flexibility index (Phi) is 6.02. The predicted octanol–water partition coefficient (Wildman–Crippen LogP) is 3.25. The van der Waals surface area contributed by atoms with Gasteiger partial charge in [0.2, 0.25) is 5.95 Å². The number of allylic oxidation sites excluding steroid dienone is 1. The summed E-state index contributed by atoms with van der Waals surface area (Å²) in [4.78, 5) is 12.7. The molecule has 0 saturated heterocycles. The van der Waals surface area contributed by atoms with Gasteiger partial charge in [-0.1, -0.05) is 29.4 Å². The highest BCUT2D eigenvalue weighted by molar-refractivity contribution is 5.92. The van der Waals surface area contributed by atoms with E-state index < -0.39 is 12.0 Å². The SMILES string of the molecule is CCOC(=O)C1=C(C)Nc2nnnn2C1c1ccc(OCc2ccccc2F)c(OC)c1. The number of aromatic nitrogens is 4. The number of nitrogens with one attached hydrogen (secondary N) is 1. The fourth-order valence-corrected chi connectivity index (χ4v) is 3.54. The van der Waals surface area contributed by atoms with E-state index in [1.807, 2.05) is 0 Å². The Morgan fingerprint density at radius 1 is 1.22 bits per heavy atom. The number of ether oxygens (including phenoxy) is 3. The van der Waals surface area contributed by atoms with E-state index in [2.05, 4.69) is 20.8 Å². The quantitative estimate of drug-likeness (QED) is 0.560. The highest BCUT2D eigenvalue weighted by Crippen LogP contribution is 2.38. The Balaban J connectivity index is 1.69. The Morgan fingerprint density at radius 2 is 2.03 bits per heavy atom. The maximum absolute atomic E-state index is 13.9. The second-order valence-corrected chi connectivity index (χ2v) is 7.02. The molecule has 3 aromatic rings. The minimum absolute atomic E-state index is 0.0416. The van der Waals surface area contributed by atoms with Gasteiger partial charge in [-0.05, 0) is 48.0 Å². The molecule has 10 heteroatoms. The molecule has 1 aliphatic rings. The summed E-state index contributed by atoms with van der Waals surface area (Å²) in [6, 6.07) is 11.0. The van der Waals surface area contributed by atoms with Gasteiger partial charge in [-0.2, -0.15) is 4.68 Å². The molecule has 0 fully saturated rings. The van der Waals surface area contributed by atoms with Crippen molar-refractivity contribution < 1.29 is 23.4 Å². The summed E-state index contributed by atoms with van der Waals surface area (Å²) in [6.07, 6.45) is 0. The first kappa shape index (κ1) is 21.3. The lowest BCUT2D eigenvalue weighted by Crippen LogP contribution is -2.29. The van der Waals surface area contributed by atoms with E-state index in [1.54, 1.807) is 50.2 Å². The van der Waals surface area contributed by atoms with Gasteiger partial charge in [0.1, 0.15) is 18.5 Å². The second kappa shape index (κ2) is 9.04. The van der Waals surface area contributed by atoms with Gasteiger partial charge in [-0.15, -0.1) is 0 Å². The van der Waals surface area contributed by atoms with Crippen LogP contribution in [0.1, 0.15) is 31.0 Å². The first-order valence-electron chi connectivity index (χ1n) is 10.00. The standard InChI is InChI=1S/C22H22FN5O4/c1-4-31-21(29)19-13(2)24-22-25-26-27-28(22)20(19)14-9-10-17(18(11-14)30-3)32-12-15-7-5-6-8-16(15)23/h5-11,20H,4,12H2,1-3H3,(H,24,25,27). The second-order valence-electron chi connectivity index (χ2n) is 7.02. The lowest BCUT2D eigenvalue weighted by atomic mass is 9.95. The van der Waals surface area contributed by atoms with Gasteiger partial charge < -0.3 is 19.5 Å². The van der Waals surface area contributed by atoms with Crippen molar-refractivity contribution in [3.8, 4) is 11.5 Å². The van der Waals surface area contributed by atoms with Crippen molar-refractivity contribution in [3.05, 3.63) is 70.7 Å². The molecule has 1 atom stereocenters. The third kappa shape index (κ3) is 3.98. The molecule has 0 amide bonds. The number of fused-ring (bicyclic) bond motifs is 1. The number of halogens is 1. The molecule has 2 heterocycles. The first-order chi connectivity index (χ1) is 15.5. The number of rotatable bonds is 7. The molecule has 1 unspecified atom stereocenters. The van der Waals surface area contributed by atoms with Crippen molar-refractivity contribution in [1.82, 2.24) is 20.2 Å². The van der Waals surface area contributed by atoms with Gasteiger partial charge in [0, 0.05) is 11.3 Å². The number of anilines is 1. The van der Waals surface area contributed by atoms with Crippen LogP contribution in [0.2, 0.25) is 0 Å². The Bertz CT molecular complexity index is 1180. The smallest absolute Gasteiger partial charge is 0.338 e. The molecule has 0 spiro atoms. The van der Waals surface area contributed by atoms with E-state index in [0.717, 1.165) is 0 Å². The van der Waals surface area contributed by atoms with Gasteiger partial charge in [0.05, 0.1) is 19.3 Å². The number of carbonyl (C=O) groups excluding carboxylic acids is 1. The summed E-state index contributed by atoms with van der Waals surface area (Å²) in [6.45, 7) is 3.78. The molecular weight excluding hydrogens is 417 g/mol. The first-order valence-corrected chi connectivity index (χ1v) is 10.00. The predicted molar refractivity (Wildman–Crippen MR) is 113 cm³/mol. The van der Waals surface area contributed by atoms with E-state index in [1.165, 1.54) is 17.9 Å². The lowest BCUT2D eigenvalue weighted by Gasteiger charge is -2.27. The maximum atomic E-state index is 13.9. The fraction of sp³-hybridized carbons (Fsp3) is 0.273. The lowest BCUT2D eigenvalue weighted by molar-refractivity contribution is -0.139. The van der Waals surface area contributed by atoms with Crippen molar-refractivity contribution in [3.63, 3.8) is 0 Å². The zero-order valence-electron chi connectivity index (χ0n) is 17.8. The van der Waals surface area contributed by atoms with Gasteiger partial charge in [0.15, 0.2) is 11.5 Å². The maximum Gasteiger partial charge on any atom is 0.338 e. The molecule has 166 valence electrons. The molecular formula is C22H22FN5O4. The van der Waals surface area contributed by atoms with Crippen LogP contribution in [0.5, 0.6) is 11.5 Å². The summed E-state index contributed by atoms with van der Waals surface area (Å²) in [5.41, 5.74) is 2.10. The highest BCUT2D eigenvalue weighted by Gasteiger charge is 2.35. The van der Waals surface area contributed by atoms with Crippen molar-refractivity contribution in [2.24, 2.45) is 0 Å². The number of methoxy groups -OCH3 is 1. The van der Waals surface area contributed by atoms with Crippen LogP contribution in [-0.4, -0.2) is 39.9 Å². The minimum atomic E-state index is -0.630. The topological polar surface area (TPSA) is 100 Å². The minimum Gasteiger partial charge on any atom is -0.493 e. The normalized spacial score (nSPS) is 15.1. The number of esters is 1. The monoisotopic (exact) mass is 439 g/mol. The Morgan fingerprint density at radius 3 is 2.78 bits per heavy atom. The van der Waals surface area contributed by atoms with Crippen LogP contribution in [0.3, 0.4) is 0 Å². The van der Waals surface area contributed by atoms with Crippen molar-refractivity contribution in [2.75, 3.05) is 19.0 Å². The molecule has 1 aromatic heterocycles. The van der Waals surface area contributed by atoms with E-state index in [0.29, 0.717) is 39.8 Å². The summed E-state index contributed by atoms with van der Waals surface area (Å²) in [5.74, 6) is 0.446. The van der Waals surface area contributed by atoms with Crippen molar-refractivity contribution in [1.29, 1.82) is 0 Å². The van der Waals surface area contributed by atoms with Crippen molar-refractivity contribution >= 4 is 11.9 Å². The number of benzene rings is 2. The number of hydrogen-bond donors (Lipinski definition) is 1. The molecule has 0 saturated carbocycles. The number of carbonyl (C=O) groups is 1. The summed E-state index contributed by atoms with van der Waals surface area (Å²) >= 11 is 0. The number of hydrogen-bond acceptors (Lipinski definition) is 8. The average Bonchev–Trinajstić information content (AvgIpc) is 3.25. The highest BCUT2D eigenvalue weighted by atomic mass is 19.1. The van der Waals surface area contributed by atoms with Gasteiger partial charge in [0.25, 0.3) is 0 Å². The van der Waals surface area contributed by atoms with E-state index in [9.17, 15) is 9.18 Å². The van der Waals surface area contributed by atoms with Crippen LogP contribution >= 0.6 is 0 Å². The van der Waals surface area contributed by atoms with Gasteiger partial charge >= 0.3 is 5.97 Å². The zero-order chi connectivity index (χ0) is 22.7. The van der Waals surface area contributed by atoms with Crippen molar-refractivity contribution in [2.45, 2.75) is 26.5 Å². The van der Waals surface area contributed by atoms with E-state index in [4.69, 9.17) is 14.2 Å². The van der Waals surface area contributed by atoms with Crippen LogP contribution in [0.25, 0.3) is 0 Å². The molecule has 1 aliphatic heterocycles. The molecule has 0 bridgehead atoms.